The molecule has 108 valence electrons. The predicted octanol–water partition coefficient (Wildman–Crippen LogP) is 3.34. The third-order valence-corrected chi connectivity index (χ3v) is 3.51. The van der Waals surface area contributed by atoms with Crippen molar-refractivity contribution >= 4 is 57.2 Å². The highest BCUT2D eigenvalue weighted by Crippen LogP contribution is 2.17. The smallest absolute Gasteiger partial charge is 0.191 e. The molecule has 1 rings (SSSR count). The van der Waals surface area contributed by atoms with E-state index in [1.807, 2.05) is 20.8 Å². The van der Waals surface area contributed by atoms with Gasteiger partial charge in [-0.1, -0.05) is 22.5 Å². The summed E-state index contributed by atoms with van der Waals surface area (Å²) in [7, 11) is 0. The molecule has 0 amide bonds. The molecule has 0 bridgehead atoms. The molecule has 2 N–H and O–H groups in total. The van der Waals surface area contributed by atoms with Crippen molar-refractivity contribution in [2.45, 2.75) is 27.3 Å². The summed E-state index contributed by atoms with van der Waals surface area (Å²) in [6, 6.07) is 0. The Morgan fingerprint density at radius 2 is 2.11 bits per heavy atom. The topological polar surface area (TPSA) is 49.3 Å². The van der Waals surface area contributed by atoms with Gasteiger partial charge in [-0.15, -0.1) is 35.3 Å². The molecule has 0 unspecified atom stereocenters. The van der Waals surface area contributed by atoms with E-state index in [1.165, 1.54) is 4.88 Å². The summed E-state index contributed by atoms with van der Waals surface area (Å²) in [5.74, 6) is 0.795. The highest BCUT2D eigenvalue weighted by atomic mass is 127. The number of nitrogens with zero attached hydrogens (tertiary/aromatic N) is 2. The van der Waals surface area contributed by atoms with Gasteiger partial charge in [0, 0.05) is 22.4 Å². The lowest BCUT2D eigenvalue weighted by Gasteiger charge is -2.10. The molecular weight excluding hydrogens is 439 g/mol. The number of aliphatic imine (C=N–C) groups is 1. The van der Waals surface area contributed by atoms with Gasteiger partial charge in [-0.25, -0.2) is 9.98 Å². The van der Waals surface area contributed by atoms with E-state index in [1.54, 1.807) is 11.3 Å². The van der Waals surface area contributed by atoms with Crippen molar-refractivity contribution in [2.75, 3.05) is 13.1 Å². The van der Waals surface area contributed by atoms with Crippen LogP contribution in [0.1, 0.15) is 22.5 Å². The molecule has 1 heterocycles. The van der Waals surface area contributed by atoms with Gasteiger partial charge in [0.25, 0.3) is 0 Å². The van der Waals surface area contributed by atoms with Gasteiger partial charge >= 0.3 is 0 Å². The SMILES string of the molecule is C=C(Br)CNC(=NCc1sc(C)nc1C)NCC.I. The summed E-state index contributed by atoms with van der Waals surface area (Å²) >= 11 is 5.02. The highest BCUT2D eigenvalue weighted by molar-refractivity contribution is 14.0. The van der Waals surface area contributed by atoms with Gasteiger partial charge in [-0.05, 0) is 20.8 Å². The minimum Gasteiger partial charge on any atom is -0.357 e. The summed E-state index contributed by atoms with van der Waals surface area (Å²) in [6.45, 7) is 12.0. The highest BCUT2D eigenvalue weighted by Gasteiger charge is 2.04. The molecule has 0 saturated heterocycles. The average molecular weight is 459 g/mol. The summed E-state index contributed by atoms with van der Waals surface area (Å²) < 4.78 is 0.901. The Hall–Kier alpha value is -0.150. The van der Waals surface area contributed by atoms with E-state index in [-0.39, 0.29) is 24.0 Å². The molecule has 4 nitrogen and oxygen atoms in total. The normalized spacial score (nSPS) is 10.8. The fourth-order valence-electron chi connectivity index (χ4n) is 1.39. The second-order valence-electron chi connectivity index (χ2n) is 3.81. The van der Waals surface area contributed by atoms with Crippen LogP contribution in [0.4, 0.5) is 0 Å². The Labute approximate surface area is 144 Å². The first-order chi connectivity index (χ1) is 8.52. The van der Waals surface area contributed by atoms with E-state index in [0.29, 0.717) is 13.1 Å². The standard InChI is InChI=1S/C12H19BrN4S.HI/c1-5-14-12(15-6-8(2)13)16-7-11-9(3)17-10(4)18-11;/h2,5-7H2,1,3-4H3,(H2,14,15,16);1H. The summed E-state index contributed by atoms with van der Waals surface area (Å²) in [4.78, 5) is 10.1. The molecule has 0 aliphatic heterocycles. The molecule has 1 aromatic heterocycles. The van der Waals surface area contributed by atoms with Gasteiger partial charge < -0.3 is 10.6 Å². The van der Waals surface area contributed by atoms with Crippen molar-refractivity contribution in [2.24, 2.45) is 4.99 Å². The van der Waals surface area contributed by atoms with Crippen LogP contribution in [0.2, 0.25) is 0 Å². The zero-order valence-electron chi connectivity index (χ0n) is 11.4. The van der Waals surface area contributed by atoms with E-state index >= 15 is 0 Å². The maximum absolute atomic E-state index is 4.53. The molecule has 1 aromatic rings. The maximum atomic E-state index is 4.53. The van der Waals surface area contributed by atoms with Crippen LogP contribution in [0, 0.1) is 13.8 Å². The van der Waals surface area contributed by atoms with Gasteiger partial charge in [-0.3, -0.25) is 0 Å². The number of hydrogen-bond acceptors (Lipinski definition) is 3. The van der Waals surface area contributed by atoms with Crippen LogP contribution >= 0.6 is 51.2 Å². The van der Waals surface area contributed by atoms with E-state index in [9.17, 15) is 0 Å². The molecule has 0 spiro atoms. The van der Waals surface area contributed by atoms with Crippen LogP contribution in [0.5, 0.6) is 0 Å². The van der Waals surface area contributed by atoms with Crippen LogP contribution in [-0.4, -0.2) is 24.0 Å². The number of guanidine groups is 1. The average Bonchev–Trinajstić information content (AvgIpc) is 2.61. The molecule has 0 aliphatic rings. The van der Waals surface area contributed by atoms with Gasteiger partial charge in [0.15, 0.2) is 5.96 Å². The molecule has 19 heavy (non-hydrogen) atoms. The van der Waals surface area contributed by atoms with Crippen molar-refractivity contribution in [1.29, 1.82) is 0 Å². The lowest BCUT2D eigenvalue weighted by molar-refractivity contribution is 0.859. The lowest BCUT2D eigenvalue weighted by atomic mass is 10.4. The van der Waals surface area contributed by atoms with Crippen LogP contribution < -0.4 is 10.6 Å². The Balaban J connectivity index is 0.00000324. The number of nitrogens with one attached hydrogen (secondary N) is 2. The Morgan fingerprint density at radius 1 is 1.42 bits per heavy atom. The predicted molar refractivity (Wildman–Crippen MR) is 97.9 cm³/mol. The Kier molecular flexibility index (Phi) is 9.63. The molecule has 0 aliphatic carbocycles. The van der Waals surface area contributed by atoms with Crippen molar-refractivity contribution in [1.82, 2.24) is 15.6 Å². The number of thiazole rings is 1. The quantitative estimate of drug-likeness (QED) is 0.404. The van der Waals surface area contributed by atoms with Crippen LogP contribution in [0.25, 0.3) is 0 Å². The minimum absolute atomic E-state index is 0. The summed E-state index contributed by atoms with van der Waals surface area (Å²) in [5.41, 5.74) is 1.07. The van der Waals surface area contributed by atoms with Crippen molar-refractivity contribution in [3.63, 3.8) is 0 Å². The van der Waals surface area contributed by atoms with Gasteiger partial charge in [-0.2, -0.15) is 0 Å². The van der Waals surface area contributed by atoms with Crippen molar-refractivity contribution in [3.8, 4) is 0 Å². The fourth-order valence-corrected chi connectivity index (χ4v) is 2.39. The molecule has 0 atom stereocenters. The van der Waals surface area contributed by atoms with Crippen LogP contribution in [-0.2, 0) is 6.54 Å². The largest absolute Gasteiger partial charge is 0.357 e. The maximum Gasteiger partial charge on any atom is 0.191 e. The summed E-state index contributed by atoms with van der Waals surface area (Å²) in [5, 5.41) is 7.48. The fraction of sp³-hybridized carbons (Fsp3) is 0.500. The zero-order chi connectivity index (χ0) is 13.5. The number of rotatable bonds is 5. The number of aryl methyl sites for hydroxylation is 2. The van der Waals surface area contributed by atoms with E-state index in [0.717, 1.165) is 27.7 Å². The molecule has 0 aromatic carbocycles. The van der Waals surface area contributed by atoms with Gasteiger partial charge in [0.1, 0.15) is 0 Å². The number of halogens is 2. The Morgan fingerprint density at radius 3 is 2.58 bits per heavy atom. The van der Waals surface area contributed by atoms with E-state index in [2.05, 4.69) is 43.1 Å². The van der Waals surface area contributed by atoms with Crippen molar-refractivity contribution < 1.29 is 0 Å². The van der Waals surface area contributed by atoms with Gasteiger partial charge in [0.05, 0.1) is 17.2 Å². The monoisotopic (exact) mass is 458 g/mol. The molecule has 7 heteroatoms. The van der Waals surface area contributed by atoms with Crippen LogP contribution in [0.15, 0.2) is 16.1 Å². The number of hydrogen-bond donors (Lipinski definition) is 2. The third-order valence-electron chi connectivity index (χ3n) is 2.17. The van der Waals surface area contributed by atoms with E-state index in [4.69, 9.17) is 0 Å². The van der Waals surface area contributed by atoms with Crippen LogP contribution in [0.3, 0.4) is 0 Å². The lowest BCUT2D eigenvalue weighted by Crippen LogP contribution is -2.37. The molecular formula is C12H20BrIN4S. The zero-order valence-corrected chi connectivity index (χ0v) is 16.2. The molecule has 0 fully saturated rings. The number of aromatic nitrogens is 1. The second kappa shape index (κ2) is 9.71. The first kappa shape index (κ1) is 18.9. The van der Waals surface area contributed by atoms with Crippen molar-refractivity contribution in [3.05, 3.63) is 26.6 Å². The first-order valence-electron chi connectivity index (χ1n) is 5.81. The molecule has 0 saturated carbocycles. The third kappa shape index (κ3) is 7.26. The second-order valence-corrected chi connectivity index (χ2v) is 6.22. The molecule has 0 radical (unpaired) electrons. The van der Waals surface area contributed by atoms with E-state index < -0.39 is 0 Å². The minimum atomic E-state index is 0. The Bertz CT molecular complexity index is 445. The first-order valence-corrected chi connectivity index (χ1v) is 7.42. The van der Waals surface area contributed by atoms with Gasteiger partial charge in [0.2, 0.25) is 0 Å². The summed E-state index contributed by atoms with van der Waals surface area (Å²) in [6.07, 6.45) is 0.